The lowest BCUT2D eigenvalue weighted by molar-refractivity contribution is 0.633. The number of nitrogens with one attached hydrogen (secondary N) is 1. The summed E-state index contributed by atoms with van der Waals surface area (Å²) in [4.78, 5) is 4.04. The van der Waals surface area contributed by atoms with Crippen LogP contribution < -0.4 is 11.1 Å². The predicted octanol–water partition coefficient (Wildman–Crippen LogP) is 2.95. The number of hydrogen-bond acceptors (Lipinski definition) is 6. The zero-order chi connectivity index (χ0) is 13.1. The Morgan fingerprint density at radius 2 is 2.21 bits per heavy atom. The molecule has 0 aliphatic carbocycles. The van der Waals surface area contributed by atoms with E-state index >= 15 is 0 Å². The van der Waals surface area contributed by atoms with Gasteiger partial charge in [-0.3, -0.25) is 4.98 Å². The largest absolute Gasteiger partial charge is 0.382 e. The van der Waals surface area contributed by atoms with E-state index in [4.69, 9.17) is 5.73 Å². The Bertz CT molecular complexity index is 535. The summed E-state index contributed by atoms with van der Waals surface area (Å²) in [6, 6.07) is 3.94. The van der Waals surface area contributed by atoms with Crippen LogP contribution in [0.3, 0.4) is 0 Å². The van der Waals surface area contributed by atoms with Crippen molar-refractivity contribution in [3.8, 4) is 11.1 Å². The molecule has 0 saturated carbocycles. The number of hydrogen-bond donors (Lipinski definition) is 2. The van der Waals surface area contributed by atoms with Gasteiger partial charge in [0.2, 0.25) is 0 Å². The van der Waals surface area contributed by atoms with Gasteiger partial charge in [0, 0.05) is 18.9 Å². The van der Waals surface area contributed by atoms with Crippen molar-refractivity contribution in [1.82, 2.24) is 9.36 Å². The molecule has 2 aromatic rings. The van der Waals surface area contributed by atoms with Crippen LogP contribution in [-0.4, -0.2) is 27.4 Å². The molecule has 0 radical (unpaired) electrons. The van der Waals surface area contributed by atoms with E-state index in [-0.39, 0.29) is 0 Å². The van der Waals surface area contributed by atoms with Crippen molar-refractivity contribution in [3.05, 3.63) is 24.5 Å². The Hall–Kier alpha value is -1.27. The summed E-state index contributed by atoms with van der Waals surface area (Å²) in [5.41, 5.74) is 8.08. The van der Waals surface area contributed by atoms with Crippen molar-refractivity contribution in [3.63, 3.8) is 0 Å². The van der Waals surface area contributed by atoms with Crippen LogP contribution in [0.4, 0.5) is 10.8 Å². The number of nitrogen functional groups attached to an aromatic ring is 1. The quantitative estimate of drug-likeness (QED) is 0.907. The third-order valence-corrected chi connectivity index (χ3v) is 5.31. The number of thioether (sulfide) groups is 1. The van der Waals surface area contributed by atoms with Crippen LogP contribution in [0.1, 0.15) is 6.42 Å². The maximum Gasteiger partial charge on any atom is 0.147 e. The highest BCUT2D eigenvalue weighted by atomic mass is 32.2. The topological polar surface area (TPSA) is 63.8 Å². The minimum atomic E-state index is 0.597. The number of aromatic nitrogens is 2. The summed E-state index contributed by atoms with van der Waals surface area (Å²) in [7, 11) is 0. The highest BCUT2D eigenvalue weighted by Crippen LogP contribution is 2.37. The van der Waals surface area contributed by atoms with E-state index in [0.29, 0.717) is 5.82 Å². The Kier molecular flexibility index (Phi) is 3.89. The van der Waals surface area contributed by atoms with E-state index in [1.807, 2.05) is 23.9 Å². The van der Waals surface area contributed by atoms with Gasteiger partial charge in [0.05, 0.1) is 5.56 Å². The molecule has 3 N–H and O–H groups in total. The SMILES string of the molecule is Nc1nsc(NCC2CCSC2)c1-c1ccncc1. The van der Waals surface area contributed by atoms with Gasteiger partial charge in [-0.05, 0) is 53.1 Å². The summed E-state index contributed by atoms with van der Waals surface area (Å²) >= 11 is 3.48. The summed E-state index contributed by atoms with van der Waals surface area (Å²) in [5.74, 6) is 3.90. The van der Waals surface area contributed by atoms with E-state index in [0.717, 1.165) is 28.6 Å². The normalized spacial score (nSPS) is 18.6. The first-order chi connectivity index (χ1) is 9.34. The monoisotopic (exact) mass is 292 g/mol. The van der Waals surface area contributed by atoms with Crippen LogP contribution in [0.15, 0.2) is 24.5 Å². The molecule has 0 amide bonds. The molecule has 6 heteroatoms. The Morgan fingerprint density at radius 1 is 1.37 bits per heavy atom. The maximum atomic E-state index is 5.99. The molecule has 1 fully saturated rings. The molecule has 1 saturated heterocycles. The van der Waals surface area contributed by atoms with E-state index in [9.17, 15) is 0 Å². The number of nitrogens with zero attached hydrogens (tertiary/aromatic N) is 2. The minimum absolute atomic E-state index is 0.597. The number of pyridine rings is 1. The van der Waals surface area contributed by atoms with Gasteiger partial charge in [-0.25, -0.2) is 0 Å². The molecule has 100 valence electrons. The molecule has 19 heavy (non-hydrogen) atoms. The van der Waals surface area contributed by atoms with E-state index in [1.54, 1.807) is 12.4 Å². The van der Waals surface area contributed by atoms with Crippen LogP contribution in [0, 0.1) is 5.92 Å². The van der Waals surface area contributed by atoms with Gasteiger partial charge in [-0.2, -0.15) is 16.1 Å². The van der Waals surface area contributed by atoms with Gasteiger partial charge < -0.3 is 11.1 Å². The lowest BCUT2D eigenvalue weighted by atomic mass is 10.1. The molecule has 3 heterocycles. The van der Waals surface area contributed by atoms with E-state index in [2.05, 4.69) is 14.7 Å². The molecule has 4 nitrogen and oxygen atoms in total. The summed E-state index contributed by atoms with van der Waals surface area (Å²) < 4.78 is 4.27. The van der Waals surface area contributed by atoms with Gasteiger partial charge in [-0.1, -0.05) is 0 Å². The predicted molar refractivity (Wildman–Crippen MR) is 83.7 cm³/mol. The molecule has 2 aromatic heterocycles. The molecule has 0 bridgehead atoms. The first kappa shape index (κ1) is 12.7. The van der Waals surface area contributed by atoms with Crippen molar-refractivity contribution >= 4 is 34.1 Å². The van der Waals surface area contributed by atoms with Crippen molar-refractivity contribution in [2.75, 3.05) is 29.1 Å². The average Bonchev–Trinajstić information content (AvgIpc) is 3.07. The molecular weight excluding hydrogens is 276 g/mol. The van der Waals surface area contributed by atoms with Crippen LogP contribution in [0.25, 0.3) is 11.1 Å². The lowest BCUT2D eigenvalue weighted by Gasteiger charge is -2.11. The fourth-order valence-corrected chi connectivity index (χ4v) is 4.23. The second kappa shape index (κ2) is 5.79. The molecule has 1 aliphatic rings. The third-order valence-electron chi connectivity index (χ3n) is 3.26. The van der Waals surface area contributed by atoms with Gasteiger partial charge in [0.25, 0.3) is 0 Å². The molecule has 1 aliphatic heterocycles. The Labute approximate surface area is 121 Å². The second-order valence-electron chi connectivity index (χ2n) is 4.62. The fraction of sp³-hybridized carbons (Fsp3) is 0.385. The first-order valence-corrected chi connectivity index (χ1v) is 8.24. The molecule has 3 rings (SSSR count). The zero-order valence-corrected chi connectivity index (χ0v) is 12.1. The zero-order valence-electron chi connectivity index (χ0n) is 10.5. The number of rotatable bonds is 4. The van der Waals surface area contributed by atoms with Gasteiger partial charge in [0.1, 0.15) is 10.8 Å². The van der Waals surface area contributed by atoms with Crippen LogP contribution in [0.2, 0.25) is 0 Å². The minimum Gasteiger partial charge on any atom is -0.382 e. The lowest BCUT2D eigenvalue weighted by Crippen LogP contribution is -2.13. The van der Waals surface area contributed by atoms with E-state index < -0.39 is 0 Å². The molecule has 0 spiro atoms. The van der Waals surface area contributed by atoms with Crippen LogP contribution in [0.5, 0.6) is 0 Å². The van der Waals surface area contributed by atoms with Crippen molar-refractivity contribution < 1.29 is 0 Å². The Balaban J connectivity index is 1.78. The third kappa shape index (κ3) is 2.84. The second-order valence-corrected chi connectivity index (χ2v) is 6.54. The fourth-order valence-electron chi connectivity index (χ4n) is 2.20. The molecular formula is C13H16N4S2. The van der Waals surface area contributed by atoms with Gasteiger partial charge in [0.15, 0.2) is 0 Å². The highest BCUT2D eigenvalue weighted by Gasteiger charge is 2.18. The average molecular weight is 292 g/mol. The Morgan fingerprint density at radius 3 is 2.95 bits per heavy atom. The van der Waals surface area contributed by atoms with Crippen LogP contribution >= 0.6 is 23.3 Å². The smallest absolute Gasteiger partial charge is 0.147 e. The standard InChI is InChI=1S/C13H16N4S2/c14-12-11(10-1-4-15-5-2-10)13(19-17-12)16-7-9-3-6-18-8-9/h1-2,4-5,9,16H,3,6-8H2,(H2,14,17). The molecule has 0 aromatic carbocycles. The summed E-state index contributed by atoms with van der Waals surface area (Å²) in [6.07, 6.45) is 4.87. The van der Waals surface area contributed by atoms with Crippen molar-refractivity contribution in [1.29, 1.82) is 0 Å². The van der Waals surface area contributed by atoms with Crippen molar-refractivity contribution in [2.24, 2.45) is 5.92 Å². The van der Waals surface area contributed by atoms with Crippen LogP contribution in [-0.2, 0) is 0 Å². The summed E-state index contributed by atoms with van der Waals surface area (Å²) in [5, 5.41) is 4.59. The molecule has 1 unspecified atom stereocenters. The number of nitrogens with two attached hydrogens (primary N) is 1. The van der Waals surface area contributed by atoms with Crippen molar-refractivity contribution in [2.45, 2.75) is 6.42 Å². The highest BCUT2D eigenvalue weighted by molar-refractivity contribution is 7.99. The van der Waals surface area contributed by atoms with Gasteiger partial charge >= 0.3 is 0 Å². The molecule has 1 atom stereocenters. The first-order valence-electron chi connectivity index (χ1n) is 6.32. The number of anilines is 2. The summed E-state index contributed by atoms with van der Waals surface area (Å²) in [6.45, 7) is 1.01. The maximum absolute atomic E-state index is 5.99. The van der Waals surface area contributed by atoms with E-state index in [1.165, 1.54) is 29.5 Å². The van der Waals surface area contributed by atoms with Gasteiger partial charge in [-0.15, -0.1) is 0 Å².